The van der Waals surface area contributed by atoms with Crippen LogP contribution in [0.3, 0.4) is 0 Å². The number of anilines is 1. The molecule has 0 radical (unpaired) electrons. The maximum Gasteiger partial charge on any atom is 0.260 e. The summed E-state index contributed by atoms with van der Waals surface area (Å²) in [5.74, 6) is -0.553. The average Bonchev–Trinajstić information content (AvgIpc) is 2.72. The molecule has 4 nitrogen and oxygen atoms in total. The van der Waals surface area contributed by atoms with Crippen LogP contribution in [0.2, 0.25) is 15.1 Å². The molecule has 3 aromatic carbocycles. The summed E-state index contributed by atoms with van der Waals surface area (Å²) in [7, 11) is 0. The summed E-state index contributed by atoms with van der Waals surface area (Å²) in [5.41, 5.74) is 1.86. The Morgan fingerprint density at radius 1 is 1.03 bits per heavy atom. The lowest BCUT2D eigenvalue weighted by Crippen LogP contribution is -2.35. The molecule has 0 fully saturated rings. The molecule has 160 valence electrons. The fourth-order valence-electron chi connectivity index (χ4n) is 2.82. The van der Waals surface area contributed by atoms with E-state index < -0.39 is 11.7 Å². The van der Waals surface area contributed by atoms with Gasteiger partial charge in [-0.3, -0.25) is 10.1 Å². The standard InChI is InChI=1S/C22H16Cl3FN2O2S/c1-11-9-18(30-17-10-13(23)7-8-15(17)24)19(25)12(2)20(11)27-22(31)28-21(29)14-5-3-4-6-16(14)26/h3-10H,1-2H3,(H2,27,28,29,31). The number of rotatable bonds is 4. The monoisotopic (exact) mass is 496 g/mol. The molecular formula is C22H16Cl3FN2O2S. The van der Waals surface area contributed by atoms with Crippen molar-refractivity contribution in [1.29, 1.82) is 0 Å². The molecule has 1 amide bonds. The van der Waals surface area contributed by atoms with Crippen LogP contribution in [0.1, 0.15) is 21.5 Å². The molecule has 2 N–H and O–H groups in total. The SMILES string of the molecule is Cc1cc(Oc2cc(Cl)ccc2Cl)c(Cl)c(C)c1NC(=S)NC(=O)c1ccccc1F. The Bertz CT molecular complexity index is 1190. The van der Waals surface area contributed by atoms with Gasteiger partial charge in [0.15, 0.2) is 5.11 Å². The first-order valence-electron chi connectivity index (χ1n) is 8.97. The second-order valence-electron chi connectivity index (χ2n) is 6.57. The largest absolute Gasteiger partial charge is 0.454 e. The molecule has 3 aromatic rings. The average molecular weight is 498 g/mol. The molecule has 0 spiro atoms. The van der Waals surface area contributed by atoms with E-state index >= 15 is 0 Å². The van der Waals surface area contributed by atoms with E-state index in [1.54, 1.807) is 37.3 Å². The number of amides is 1. The molecular weight excluding hydrogens is 482 g/mol. The van der Waals surface area contributed by atoms with Crippen LogP contribution in [0.4, 0.5) is 10.1 Å². The molecule has 0 aliphatic rings. The number of hydrogen-bond acceptors (Lipinski definition) is 3. The van der Waals surface area contributed by atoms with Gasteiger partial charge in [0.05, 0.1) is 15.6 Å². The second kappa shape index (κ2) is 9.83. The van der Waals surface area contributed by atoms with Crippen LogP contribution in [0, 0.1) is 19.7 Å². The van der Waals surface area contributed by atoms with Gasteiger partial charge >= 0.3 is 0 Å². The van der Waals surface area contributed by atoms with E-state index in [0.29, 0.717) is 37.8 Å². The van der Waals surface area contributed by atoms with Crippen LogP contribution in [0.5, 0.6) is 11.5 Å². The zero-order valence-electron chi connectivity index (χ0n) is 16.4. The summed E-state index contributed by atoms with van der Waals surface area (Å²) >= 11 is 23.9. The van der Waals surface area contributed by atoms with Gasteiger partial charge in [-0.15, -0.1) is 0 Å². The fourth-order valence-corrected chi connectivity index (χ4v) is 3.52. The van der Waals surface area contributed by atoms with Crippen molar-refractivity contribution in [2.75, 3.05) is 5.32 Å². The molecule has 0 saturated heterocycles. The minimum Gasteiger partial charge on any atom is -0.454 e. The third-order valence-electron chi connectivity index (χ3n) is 4.36. The highest BCUT2D eigenvalue weighted by Crippen LogP contribution is 2.40. The van der Waals surface area contributed by atoms with Crippen LogP contribution >= 0.6 is 47.0 Å². The maximum atomic E-state index is 13.8. The van der Waals surface area contributed by atoms with Crippen LogP contribution in [0.15, 0.2) is 48.5 Å². The number of thiocarbonyl (C=S) groups is 1. The van der Waals surface area contributed by atoms with E-state index in [2.05, 4.69) is 10.6 Å². The summed E-state index contributed by atoms with van der Waals surface area (Å²) in [6.07, 6.45) is 0. The number of benzene rings is 3. The van der Waals surface area contributed by atoms with Crippen molar-refractivity contribution in [3.05, 3.63) is 86.1 Å². The number of ether oxygens (including phenoxy) is 1. The quantitative estimate of drug-likeness (QED) is 0.371. The van der Waals surface area contributed by atoms with Gasteiger partial charge in [0.1, 0.15) is 17.3 Å². The molecule has 0 bridgehead atoms. The third-order valence-corrected chi connectivity index (χ3v) is 5.58. The van der Waals surface area contributed by atoms with Crippen molar-refractivity contribution < 1.29 is 13.9 Å². The lowest BCUT2D eigenvalue weighted by Gasteiger charge is -2.18. The predicted molar refractivity (Wildman–Crippen MR) is 128 cm³/mol. The Kier molecular flexibility index (Phi) is 7.38. The van der Waals surface area contributed by atoms with E-state index in [1.807, 2.05) is 6.92 Å². The van der Waals surface area contributed by atoms with Crippen molar-refractivity contribution in [3.63, 3.8) is 0 Å². The molecule has 31 heavy (non-hydrogen) atoms. The van der Waals surface area contributed by atoms with E-state index in [1.165, 1.54) is 18.2 Å². The zero-order chi connectivity index (χ0) is 22.7. The van der Waals surface area contributed by atoms with Gasteiger partial charge in [-0.05, 0) is 67.5 Å². The topological polar surface area (TPSA) is 50.4 Å². The molecule has 0 saturated carbocycles. The normalized spacial score (nSPS) is 10.5. The Balaban J connectivity index is 1.80. The number of hydrogen-bond donors (Lipinski definition) is 2. The zero-order valence-corrected chi connectivity index (χ0v) is 19.4. The molecule has 0 aliphatic heterocycles. The third kappa shape index (κ3) is 5.46. The summed E-state index contributed by atoms with van der Waals surface area (Å²) in [6, 6.07) is 12.2. The van der Waals surface area contributed by atoms with Crippen molar-refractivity contribution in [2.45, 2.75) is 13.8 Å². The highest BCUT2D eigenvalue weighted by atomic mass is 35.5. The van der Waals surface area contributed by atoms with Crippen LogP contribution in [-0.4, -0.2) is 11.0 Å². The van der Waals surface area contributed by atoms with Crippen molar-refractivity contribution in [1.82, 2.24) is 5.32 Å². The molecule has 0 heterocycles. The lowest BCUT2D eigenvalue weighted by molar-refractivity contribution is 0.0974. The first kappa shape index (κ1) is 23.3. The minimum atomic E-state index is -0.660. The lowest BCUT2D eigenvalue weighted by atomic mass is 10.1. The summed E-state index contributed by atoms with van der Waals surface area (Å²) in [6.45, 7) is 3.59. The first-order valence-corrected chi connectivity index (χ1v) is 10.5. The van der Waals surface area contributed by atoms with E-state index in [9.17, 15) is 9.18 Å². The number of carbonyl (C=O) groups is 1. The van der Waals surface area contributed by atoms with Gasteiger partial charge in [0, 0.05) is 16.8 Å². The molecule has 3 rings (SSSR count). The van der Waals surface area contributed by atoms with Crippen molar-refractivity contribution >= 4 is 63.7 Å². The molecule has 0 aliphatic carbocycles. The Morgan fingerprint density at radius 3 is 2.45 bits per heavy atom. The van der Waals surface area contributed by atoms with Crippen LogP contribution in [0.25, 0.3) is 0 Å². The summed E-state index contributed by atoms with van der Waals surface area (Å²) < 4.78 is 19.7. The summed E-state index contributed by atoms with van der Waals surface area (Å²) in [5, 5.41) is 6.59. The number of carbonyl (C=O) groups excluding carboxylic acids is 1. The highest BCUT2D eigenvalue weighted by Gasteiger charge is 2.17. The summed E-state index contributed by atoms with van der Waals surface area (Å²) in [4.78, 5) is 12.3. The predicted octanol–water partition coefficient (Wildman–Crippen LogP) is 7.32. The Hall–Kier alpha value is -2.38. The maximum absolute atomic E-state index is 13.8. The Labute approximate surface area is 199 Å². The van der Waals surface area contributed by atoms with E-state index in [0.717, 1.165) is 5.56 Å². The van der Waals surface area contributed by atoms with Gasteiger partial charge in [-0.2, -0.15) is 0 Å². The number of halogens is 4. The smallest absolute Gasteiger partial charge is 0.260 e. The van der Waals surface area contributed by atoms with Gasteiger partial charge in [0.2, 0.25) is 0 Å². The van der Waals surface area contributed by atoms with Crippen molar-refractivity contribution in [3.8, 4) is 11.5 Å². The highest BCUT2D eigenvalue weighted by molar-refractivity contribution is 7.80. The molecule has 0 atom stereocenters. The molecule has 9 heteroatoms. The second-order valence-corrected chi connectivity index (χ2v) is 8.20. The van der Waals surface area contributed by atoms with Gasteiger partial charge in [-0.1, -0.05) is 46.9 Å². The van der Waals surface area contributed by atoms with E-state index in [4.69, 9.17) is 51.8 Å². The fraction of sp³-hybridized carbons (Fsp3) is 0.0909. The minimum absolute atomic E-state index is 0.00192. The van der Waals surface area contributed by atoms with Crippen LogP contribution < -0.4 is 15.4 Å². The van der Waals surface area contributed by atoms with E-state index in [-0.39, 0.29) is 10.7 Å². The van der Waals surface area contributed by atoms with Gasteiger partial charge < -0.3 is 10.1 Å². The number of aryl methyl sites for hydroxylation is 1. The Morgan fingerprint density at radius 2 is 1.74 bits per heavy atom. The van der Waals surface area contributed by atoms with Crippen LogP contribution in [-0.2, 0) is 0 Å². The molecule has 0 aromatic heterocycles. The molecule has 0 unspecified atom stereocenters. The van der Waals surface area contributed by atoms with Gasteiger partial charge in [0.25, 0.3) is 5.91 Å². The first-order chi connectivity index (χ1) is 14.7. The number of nitrogens with one attached hydrogen (secondary N) is 2. The van der Waals surface area contributed by atoms with Gasteiger partial charge in [-0.25, -0.2) is 4.39 Å². The van der Waals surface area contributed by atoms with Crippen molar-refractivity contribution in [2.24, 2.45) is 0 Å².